The van der Waals surface area contributed by atoms with Crippen LogP contribution in [0.2, 0.25) is 0 Å². The van der Waals surface area contributed by atoms with Gasteiger partial charge in [-0.25, -0.2) is 4.79 Å². The summed E-state index contributed by atoms with van der Waals surface area (Å²) in [6.07, 6.45) is 0.281. The van der Waals surface area contributed by atoms with Gasteiger partial charge in [-0.15, -0.1) is 0 Å². The molecule has 3 N–H and O–H groups in total. The Kier molecular flexibility index (Phi) is 7.77. The van der Waals surface area contributed by atoms with Crippen molar-refractivity contribution in [2.45, 2.75) is 39.2 Å². The summed E-state index contributed by atoms with van der Waals surface area (Å²) in [5.74, 6) is -0.579. The molecule has 0 saturated carbocycles. The number of hydrogen-bond donors (Lipinski definition) is 3. The normalized spacial score (nSPS) is 10.7. The van der Waals surface area contributed by atoms with Gasteiger partial charge in [0.15, 0.2) is 0 Å². The second-order valence-corrected chi connectivity index (χ2v) is 7.48. The van der Waals surface area contributed by atoms with E-state index in [2.05, 4.69) is 16.0 Å². The van der Waals surface area contributed by atoms with Crippen LogP contribution in [0.25, 0.3) is 0 Å². The van der Waals surface area contributed by atoms with Crippen LogP contribution in [-0.2, 0) is 20.7 Å². The predicted octanol–water partition coefficient (Wildman–Crippen LogP) is 3.72. The average molecular weight is 397 g/mol. The summed E-state index contributed by atoms with van der Waals surface area (Å²) < 4.78 is 5.09. The van der Waals surface area contributed by atoms with Crippen LogP contribution in [0.3, 0.4) is 0 Å². The Bertz CT molecular complexity index is 845. The van der Waals surface area contributed by atoms with E-state index in [4.69, 9.17) is 4.74 Å². The first kappa shape index (κ1) is 21.9. The van der Waals surface area contributed by atoms with Gasteiger partial charge in [0.25, 0.3) is 0 Å². The zero-order valence-corrected chi connectivity index (χ0v) is 17.0. The van der Waals surface area contributed by atoms with Crippen molar-refractivity contribution >= 4 is 29.3 Å². The van der Waals surface area contributed by atoms with Crippen LogP contribution in [0.15, 0.2) is 54.6 Å². The standard InChI is InChI=1S/C22H27N3O4/c1-22(2,3)29-21(28)23-15-20(27)25-18-12-8-7-11-17(18)24-19(26)14-13-16-9-5-4-6-10-16/h4-12H,13-15H2,1-3H3,(H,23,28)(H,24,26)(H,25,27). The van der Waals surface area contributed by atoms with Crippen molar-refractivity contribution < 1.29 is 19.1 Å². The molecular weight excluding hydrogens is 370 g/mol. The third-order valence-corrected chi connectivity index (χ3v) is 3.75. The maximum Gasteiger partial charge on any atom is 0.408 e. The molecule has 0 aliphatic carbocycles. The van der Waals surface area contributed by atoms with Crippen LogP contribution in [0.4, 0.5) is 16.2 Å². The van der Waals surface area contributed by atoms with Gasteiger partial charge < -0.3 is 20.7 Å². The van der Waals surface area contributed by atoms with E-state index in [1.54, 1.807) is 45.0 Å². The lowest BCUT2D eigenvalue weighted by molar-refractivity contribution is -0.116. The van der Waals surface area contributed by atoms with Gasteiger partial charge >= 0.3 is 6.09 Å². The number of alkyl carbamates (subject to hydrolysis) is 1. The number of rotatable bonds is 7. The summed E-state index contributed by atoms with van der Waals surface area (Å²) in [5.41, 5.74) is 1.39. The largest absolute Gasteiger partial charge is 0.444 e. The Morgan fingerprint density at radius 2 is 1.38 bits per heavy atom. The molecule has 0 unspecified atom stereocenters. The Morgan fingerprint density at radius 3 is 1.97 bits per heavy atom. The zero-order valence-electron chi connectivity index (χ0n) is 17.0. The quantitative estimate of drug-likeness (QED) is 0.663. The third kappa shape index (κ3) is 8.47. The van der Waals surface area contributed by atoms with Crippen molar-refractivity contribution in [3.8, 4) is 0 Å². The molecular formula is C22H27N3O4. The maximum absolute atomic E-state index is 12.3. The summed E-state index contributed by atoms with van der Waals surface area (Å²) in [7, 11) is 0. The van der Waals surface area contributed by atoms with E-state index in [9.17, 15) is 14.4 Å². The summed E-state index contributed by atoms with van der Waals surface area (Å²) in [5, 5.41) is 7.90. The number of carbonyl (C=O) groups is 3. The molecule has 0 atom stereocenters. The molecule has 7 heteroatoms. The Morgan fingerprint density at radius 1 is 0.828 bits per heavy atom. The lowest BCUT2D eigenvalue weighted by Crippen LogP contribution is -2.37. The molecule has 2 aromatic carbocycles. The second-order valence-electron chi connectivity index (χ2n) is 7.48. The predicted molar refractivity (Wildman–Crippen MR) is 113 cm³/mol. The van der Waals surface area contributed by atoms with Crippen molar-refractivity contribution in [2.24, 2.45) is 0 Å². The van der Waals surface area contributed by atoms with Crippen LogP contribution in [0, 0.1) is 0 Å². The highest BCUT2D eigenvalue weighted by Gasteiger charge is 2.17. The molecule has 3 amide bonds. The van der Waals surface area contributed by atoms with E-state index >= 15 is 0 Å². The molecule has 0 saturated heterocycles. The highest BCUT2D eigenvalue weighted by atomic mass is 16.6. The van der Waals surface area contributed by atoms with E-state index in [1.165, 1.54) is 0 Å². The van der Waals surface area contributed by atoms with Crippen molar-refractivity contribution in [3.63, 3.8) is 0 Å². The molecule has 0 bridgehead atoms. The first-order chi connectivity index (χ1) is 13.7. The van der Waals surface area contributed by atoms with E-state index in [0.29, 0.717) is 24.2 Å². The molecule has 0 spiro atoms. The van der Waals surface area contributed by atoms with Crippen LogP contribution >= 0.6 is 0 Å². The number of nitrogens with one attached hydrogen (secondary N) is 3. The molecule has 29 heavy (non-hydrogen) atoms. The Hall–Kier alpha value is -3.35. The van der Waals surface area contributed by atoms with Crippen molar-refractivity contribution in [1.29, 1.82) is 0 Å². The van der Waals surface area contributed by atoms with Gasteiger partial charge in [0.05, 0.1) is 11.4 Å². The smallest absolute Gasteiger partial charge is 0.408 e. The fraction of sp³-hybridized carbons (Fsp3) is 0.318. The number of benzene rings is 2. The van der Waals surface area contributed by atoms with Gasteiger partial charge in [0.1, 0.15) is 12.1 Å². The van der Waals surface area contributed by atoms with Crippen LogP contribution in [-0.4, -0.2) is 30.1 Å². The number of ether oxygens (including phenoxy) is 1. The number of aryl methyl sites for hydroxylation is 1. The van der Waals surface area contributed by atoms with E-state index in [1.807, 2.05) is 30.3 Å². The topological polar surface area (TPSA) is 96.5 Å². The molecule has 154 valence electrons. The second kappa shape index (κ2) is 10.3. The van der Waals surface area contributed by atoms with Gasteiger partial charge in [0, 0.05) is 6.42 Å². The summed E-state index contributed by atoms with van der Waals surface area (Å²) >= 11 is 0. The fourth-order valence-electron chi connectivity index (χ4n) is 2.48. The van der Waals surface area contributed by atoms with Crippen molar-refractivity contribution in [1.82, 2.24) is 5.32 Å². The van der Waals surface area contributed by atoms with Crippen molar-refractivity contribution in [3.05, 3.63) is 60.2 Å². The maximum atomic E-state index is 12.3. The Labute approximate surface area is 170 Å². The fourth-order valence-corrected chi connectivity index (χ4v) is 2.48. The SMILES string of the molecule is CC(C)(C)OC(=O)NCC(=O)Nc1ccccc1NC(=O)CCc1ccccc1. The highest BCUT2D eigenvalue weighted by molar-refractivity contribution is 6.00. The molecule has 0 radical (unpaired) electrons. The Balaban J connectivity index is 1.86. The van der Waals surface area contributed by atoms with Crippen molar-refractivity contribution in [2.75, 3.05) is 17.2 Å². The van der Waals surface area contributed by atoms with Gasteiger partial charge in [-0.05, 0) is 44.9 Å². The van der Waals surface area contributed by atoms with Gasteiger partial charge in [-0.3, -0.25) is 9.59 Å². The molecule has 0 aliphatic heterocycles. The van der Waals surface area contributed by atoms with E-state index in [-0.39, 0.29) is 12.5 Å². The number of anilines is 2. The third-order valence-electron chi connectivity index (χ3n) is 3.75. The van der Waals surface area contributed by atoms with E-state index in [0.717, 1.165) is 5.56 Å². The first-order valence-corrected chi connectivity index (χ1v) is 9.42. The number of para-hydroxylation sites is 2. The van der Waals surface area contributed by atoms with Gasteiger partial charge in [-0.2, -0.15) is 0 Å². The number of carbonyl (C=O) groups excluding carboxylic acids is 3. The molecule has 2 aromatic rings. The lowest BCUT2D eigenvalue weighted by Gasteiger charge is -2.19. The van der Waals surface area contributed by atoms with E-state index < -0.39 is 17.6 Å². The summed E-state index contributed by atoms with van der Waals surface area (Å²) in [4.78, 5) is 36.1. The molecule has 0 heterocycles. The minimum atomic E-state index is -0.671. The summed E-state index contributed by atoms with van der Waals surface area (Å²) in [6, 6.07) is 16.6. The lowest BCUT2D eigenvalue weighted by atomic mass is 10.1. The van der Waals surface area contributed by atoms with Crippen LogP contribution in [0.1, 0.15) is 32.8 Å². The van der Waals surface area contributed by atoms with Crippen LogP contribution < -0.4 is 16.0 Å². The monoisotopic (exact) mass is 397 g/mol. The molecule has 2 rings (SSSR count). The first-order valence-electron chi connectivity index (χ1n) is 9.42. The molecule has 0 aromatic heterocycles. The number of hydrogen-bond acceptors (Lipinski definition) is 4. The minimum absolute atomic E-state index is 0.151. The minimum Gasteiger partial charge on any atom is -0.444 e. The molecule has 7 nitrogen and oxygen atoms in total. The van der Waals surface area contributed by atoms with Crippen LogP contribution in [0.5, 0.6) is 0 Å². The van der Waals surface area contributed by atoms with Gasteiger partial charge in [-0.1, -0.05) is 42.5 Å². The highest BCUT2D eigenvalue weighted by Crippen LogP contribution is 2.21. The van der Waals surface area contributed by atoms with Gasteiger partial charge in [0.2, 0.25) is 11.8 Å². The zero-order chi connectivity index (χ0) is 21.3. The number of amides is 3. The summed E-state index contributed by atoms with van der Waals surface area (Å²) in [6.45, 7) is 4.97. The molecule has 0 fully saturated rings. The average Bonchev–Trinajstić information content (AvgIpc) is 2.66. The molecule has 0 aliphatic rings.